The molecule has 0 atom stereocenters. The minimum absolute atomic E-state index is 0. The van der Waals surface area contributed by atoms with Crippen LogP contribution in [0.5, 0.6) is 0 Å². The fraction of sp³-hybridized carbons (Fsp3) is 1.00. The highest BCUT2D eigenvalue weighted by Crippen LogP contribution is 2.16. The van der Waals surface area contributed by atoms with E-state index in [1.165, 1.54) is 199 Å². The minimum atomic E-state index is 0. The van der Waals surface area contributed by atoms with Gasteiger partial charge < -0.3 is 6.15 Å². The topological polar surface area (TPSA) is 35.0 Å². The zero-order valence-electron chi connectivity index (χ0n) is 24.7. The lowest BCUT2D eigenvalue weighted by Gasteiger charge is -2.04. The molecule has 214 valence electrons. The normalized spacial score (nSPS) is 11.1. The molecule has 0 rings (SSSR count). The third-order valence-corrected chi connectivity index (χ3v) is 8.00. The fourth-order valence-corrected chi connectivity index (χ4v) is 5.48. The van der Waals surface area contributed by atoms with Gasteiger partial charge >= 0.3 is 0 Å². The van der Waals surface area contributed by atoms with Gasteiger partial charge in [0, 0.05) is 5.88 Å². The number of alkyl halides is 1. The van der Waals surface area contributed by atoms with E-state index in [9.17, 15) is 0 Å². The van der Waals surface area contributed by atoms with Crippen LogP contribution in [0.2, 0.25) is 0 Å². The van der Waals surface area contributed by atoms with Gasteiger partial charge in [-0.2, -0.15) is 0 Å². The van der Waals surface area contributed by atoms with E-state index in [1.807, 2.05) is 0 Å². The number of hydrogen-bond acceptors (Lipinski definition) is 1. The Hall–Kier alpha value is 0.250. The lowest BCUT2D eigenvalue weighted by molar-refractivity contribution is 0.513. The van der Waals surface area contributed by atoms with Crippen molar-refractivity contribution in [2.75, 3.05) is 5.88 Å². The van der Waals surface area contributed by atoms with Crippen LogP contribution in [0.4, 0.5) is 0 Å². The van der Waals surface area contributed by atoms with Crippen LogP contribution in [-0.4, -0.2) is 5.88 Å². The van der Waals surface area contributed by atoms with Gasteiger partial charge in [-0.25, -0.2) is 0 Å². The Morgan fingerprint density at radius 2 is 0.400 bits per heavy atom. The standard InChI is InChI=1S/C33H67Cl.H3N/c1-2-3-4-5-6-7-8-9-10-11-12-13-14-15-16-17-18-19-20-21-22-23-24-25-26-27-28-29-30-31-32-33-34;/h2-33H2,1H3;1H3. The predicted octanol–water partition coefficient (Wildman–Crippen LogP) is 13.5. The highest BCUT2D eigenvalue weighted by atomic mass is 35.5. The second-order valence-corrected chi connectivity index (χ2v) is 11.7. The highest BCUT2D eigenvalue weighted by molar-refractivity contribution is 6.17. The van der Waals surface area contributed by atoms with Crippen LogP contribution in [0.3, 0.4) is 0 Å². The first-order valence-electron chi connectivity index (χ1n) is 16.5. The molecule has 0 aromatic heterocycles. The molecule has 0 saturated carbocycles. The summed E-state index contributed by atoms with van der Waals surface area (Å²) in [5.74, 6) is 0.847. The first-order chi connectivity index (χ1) is 16.9. The van der Waals surface area contributed by atoms with E-state index >= 15 is 0 Å². The molecule has 0 spiro atoms. The summed E-state index contributed by atoms with van der Waals surface area (Å²) < 4.78 is 0. The van der Waals surface area contributed by atoms with Crippen molar-refractivity contribution in [3.63, 3.8) is 0 Å². The summed E-state index contributed by atoms with van der Waals surface area (Å²) in [4.78, 5) is 0. The van der Waals surface area contributed by atoms with E-state index in [2.05, 4.69) is 6.92 Å². The zero-order chi connectivity index (χ0) is 24.6. The van der Waals surface area contributed by atoms with Crippen molar-refractivity contribution in [2.45, 2.75) is 206 Å². The summed E-state index contributed by atoms with van der Waals surface area (Å²) in [6.07, 6.45) is 45.2. The van der Waals surface area contributed by atoms with E-state index in [4.69, 9.17) is 11.6 Å². The molecule has 0 aromatic rings. The first kappa shape index (κ1) is 37.4. The summed E-state index contributed by atoms with van der Waals surface area (Å²) >= 11 is 5.72. The highest BCUT2D eigenvalue weighted by Gasteiger charge is 1.97. The Labute approximate surface area is 229 Å². The average Bonchev–Trinajstić information content (AvgIpc) is 2.85. The molecule has 0 bridgehead atoms. The third-order valence-electron chi connectivity index (χ3n) is 7.74. The molecule has 0 saturated heterocycles. The van der Waals surface area contributed by atoms with Crippen LogP contribution < -0.4 is 6.15 Å². The van der Waals surface area contributed by atoms with E-state index < -0.39 is 0 Å². The van der Waals surface area contributed by atoms with Gasteiger partial charge in [0.15, 0.2) is 0 Å². The smallest absolute Gasteiger partial charge is 0.0223 e. The molecule has 0 radical (unpaired) electrons. The van der Waals surface area contributed by atoms with Crippen LogP contribution in [-0.2, 0) is 0 Å². The SMILES string of the molecule is CCCCCCCCCCCCCCCCCCCCCCCCCCCCCCCCCCl.N. The summed E-state index contributed by atoms with van der Waals surface area (Å²) in [5, 5.41) is 0. The predicted molar refractivity (Wildman–Crippen MR) is 165 cm³/mol. The van der Waals surface area contributed by atoms with E-state index in [0.29, 0.717) is 0 Å². The van der Waals surface area contributed by atoms with Gasteiger partial charge in [0.2, 0.25) is 0 Å². The van der Waals surface area contributed by atoms with Crippen molar-refractivity contribution < 1.29 is 0 Å². The molecule has 3 N–H and O–H groups in total. The molecule has 0 amide bonds. The number of hydrogen-bond donors (Lipinski definition) is 1. The Kier molecular flexibility index (Phi) is 38.9. The van der Waals surface area contributed by atoms with Gasteiger partial charge in [0.05, 0.1) is 0 Å². The lowest BCUT2D eigenvalue weighted by atomic mass is 10.0. The van der Waals surface area contributed by atoms with Crippen LogP contribution in [0, 0.1) is 0 Å². The molecule has 0 aliphatic carbocycles. The minimum Gasteiger partial charge on any atom is -0.344 e. The van der Waals surface area contributed by atoms with Crippen molar-refractivity contribution >= 4 is 11.6 Å². The second kappa shape index (κ2) is 36.4. The monoisotopic (exact) mass is 516 g/mol. The maximum atomic E-state index is 5.72. The third kappa shape index (κ3) is 36.5. The van der Waals surface area contributed by atoms with Crippen molar-refractivity contribution in [1.29, 1.82) is 0 Å². The summed E-state index contributed by atoms with van der Waals surface area (Å²) in [5.41, 5.74) is 0. The summed E-state index contributed by atoms with van der Waals surface area (Å²) in [6.45, 7) is 2.31. The maximum Gasteiger partial charge on any atom is 0.0223 e. The van der Waals surface area contributed by atoms with Gasteiger partial charge in [-0.05, 0) is 6.42 Å². The maximum absolute atomic E-state index is 5.72. The van der Waals surface area contributed by atoms with Gasteiger partial charge in [0.25, 0.3) is 0 Å². The molecule has 35 heavy (non-hydrogen) atoms. The second-order valence-electron chi connectivity index (χ2n) is 11.3. The van der Waals surface area contributed by atoms with Crippen molar-refractivity contribution in [2.24, 2.45) is 0 Å². The van der Waals surface area contributed by atoms with Gasteiger partial charge in [-0.1, -0.05) is 200 Å². The number of halogens is 1. The Balaban J connectivity index is 0. The van der Waals surface area contributed by atoms with Crippen molar-refractivity contribution in [1.82, 2.24) is 6.15 Å². The quantitative estimate of drug-likeness (QED) is 0.0722. The van der Waals surface area contributed by atoms with Gasteiger partial charge in [-0.15, -0.1) is 11.6 Å². The van der Waals surface area contributed by atoms with Crippen molar-refractivity contribution in [3.8, 4) is 0 Å². The van der Waals surface area contributed by atoms with Crippen molar-refractivity contribution in [3.05, 3.63) is 0 Å². The first-order valence-corrected chi connectivity index (χ1v) is 17.0. The van der Waals surface area contributed by atoms with E-state index in [1.54, 1.807) is 0 Å². The molecular weight excluding hydrogens is 446 g/mol. The molecule has 1 nitrogen and oxygen atoms in total. The molecular formula is C33H70ClN. The molecule has 2 heteroatoms. The average molecular weight is 516 g/mol. The Morgan fingerprint density at radius 1 is 0.257 bits per heavy atom. The molecule has 0 aliphatic rings. The van der Waals surface area contributed by atoms with Gasteiger partial charge in [0.1, 0.15) is 0 Å². The number of unbranched alkanes of at least 4 members (excludes halogenated alkanes) is 30. The largest absolute Gasteiger partial charge is 0.344 e. The van der Waals surface area contributed by atoms with Crippen LogP contribution in [0.25, 0.3) is 0 Å². The van der Waals surface area contributed by atoms with E-state index in [0.717, 1.165) is 5.88 Å². The molecule has 0 fully saturated rings. The Bertz CT molecular complexity index is 301. The summed E-state index contributed by atoms with van der Waals surface area (Å²) in [7, 11) is 0. The lowest BCUT2D eigenvalue weighted by Crippen LogP contribution is -1.85. The van der Waals surface area contributed by atoms with E-state index in [-0.39, 0.29) is 6.15 Å². The molecule has 0 aromatic carbocycles. The van der Waals surface area contributed by atoms with Crippen LogP contribution >= 0.6 is 11.6 Å². The molecule has 0 unspecified atom stereocenters. The fourth-order valence-electron chi connectivity index (χ4n) is 5.29. The van der Waals surface area contributed by atoms with Crippen LogP contribution in [0.15, 0.2) is 0 Å². The zero-order valence-corrected chi connectivity index (χ0v) is 25.5. The van der Waals surface area contributed by atoms with Gasteiger partial charge in [-0.3, -0.25) is 0 Å². The number of rotatable bonds is 31. The molecule has 0 heterocycles. The Morgan fingerprint density at radius 3 is 0.543 bits per heavy atom. The van der Waals surface area contributed by atoms with Crippen LogP contribution in [0.1, 0.15) is 206 Å². The summed E-state index contributed by atoms with van der Waals surface area (Å²) in [6, 6.07) is 0. The molecule has 0 aliphatic heterocycles.